The van der Waals surface area contributed by atoms with Crippen LogP contribution < -0.4 is 24.0 Å². The molecule has 34 heavy (non-hydrogen) atoms. The summed E-state index contributed by atoms with van der Waals surface area (Å²) < 4.78 is 16.3. The van der Waals surface area contributed by atoms with E-state index in [1.165, 1.54) is 48.4 Å². The molecule has 0 saturated heterocycles. The predicted octanol–water partition coefficient (Wildman–Crippen LogP) is 4.73. The number of halogens is 1. The molecule has 0 spiro atoms. The Bertz CT molecular complexity index is 1270. The fourth-order valence-corrected chi connectivity index (χ4v) is 4.06. The first-order valence-electron chi connectivity index (χ1n) is 10.00. The monoisotopic (exact) mass is 485 g/mol. The quantitative estimate of drug-likeness (QED) is 0.363. The van der Waals surface area contributed by atoms with Gasteiger partial charge in [-0.25, -0.2) is 9.78 Å². The molecule has 176 valence electrons. The Morgan fingerprint density at radius 3 is 2.53 bits per heavy atom. The van der Waals surface area contributed by atoms with E-state index in [2.05, 4.69) is 9.97 Å². The zero-order valence-electron chi connectivity index (χ0n) is 18.7. The molecule has 0 atom stereocenters. The normalized spacial score (nSPS) is 12.9. The standard InChI is InChI=1S/C22H20ClN5O6/c1-12-16(32-3)9-17(33-4)18(23)19(12)27-11-13-10-24-21(25-20(13)26(2)22(27)29)34-15-8-6-5-7-14(15)28(30)31/h5-10H,11H2,1-4H3. The third-order valence-corrected chi connectivity index (χ3v) is 5.73. The number of anilines is 2. The number of nitro benzene ring substituents is 1. The molecule has 4 rings (SSSR count). The van der Waals surface area contributed by atoms with Gasteiger partial charge in [0, 0.05) is 36.5 Å². The molecule has 0 saturated carbocycles. The molecule has 0 radical (unpaired) electrons. The Balaban J connectivity index is 1.72. The number of nitro groups is 1. The van der Waals surface area contributed by atoms with Gasteiger partial charge in [0.25, 0.3) is 0 Å². The maximum atomic E-state index is 13.3. The number of urea groups is 1. The van der Waals surface area contributed by atoms with E-state index in [4.69, 9.17) is 25.8 Å². The number of para-hydroxylation sites is 2. The number of carbonyl (C=O) groups excluding carboxylic acids is 1. The Kier molecular flexibility index (Phi) is 6.12. The molecule has 1 aliphatic rings. The molecule has 0 fully saturated rings. The highest BCUT2D eigenvalue weighted by Crippen LogP contribution is 2.45. The summed E-state index contributed by atoms with van der Waals surface area (Å²) in [5, 5.41) is 11.5. The van der Waals surface area contributed by atoms with Crippen LogP contribution in [0.25, 0.3) is 0 Å². The van der Waals surface area contributed by atoms with Crippen molar-refractivity contribution in [1.29, 1.82) is 0 Å². The molecule has 3 aromatic rings. The van der Waals surface area contributed by atoms with Crippen molar-refractivity contribution in [2.24, 2.45) is 0 Å². The van der Waals surface area contributed by atoms with E-state index in [0.717, 1.165) is 0 Å². The van der Waals surface area contributed by atoms with E-state index < -0.39 is 11.0 Å². The second-order valence-corrected chi connectivity index (χ2v) is 7.70. The molecule has 0 bridgehead atoms. The molecule has 12 heteroatoms. The van der Waals surface area contributed by atoms with Gasteiger partial charge in [-0.3, -0.25) is 19.9 Å². The third kappa shape index (κ3) is 3.90. The lowest BCUT2D eigenvalue weighted by Crippen LogP contribution is -2.46. The van der Waals surface area contributed by atoms with E-state index in [-0.39, 0.29) is 29.0 Å². The van der Waals surface area contributed by atoms with Crippen LogP contribution in [0.1, 0.15) is 11.1 Å². The Labute approximate surface area is 199 Å². The second kappa shape index (κ2) is 9.02. The zero-order chi connectivity index (χ0) is 24.6. The minimum atomic E-state index is -0.560. The Morgan fingerprint density at radius 2 is 1.85 bits per heavy atom. The van der Waals surface area contributed by atoms with Crippen molar-refractivity contribution in [3.8, 4) is 23.3 Å². The number of hydrogen-bond donors (Lipinski definition) is 0. The number of methoxy groups -OCH3 is 2. The fourth-order valence-electron chi connectivity index (χ4n) is 3.68. The minimum Gasteiger partial charge on any atom is -0.496 e. The van der Waals surface area contributed by atoms with Crippen LogP contribution in [0.15, 0.2) is 36.5 Å². The Hall–Kier alpha value is -4.12. The van der Waals surface area contributed by atoms with Crippen LogP contribution in [0.2, 0.25) is 5.02 Å². The van der Waals surface area contributed by atoms with Gasteiger partial charge in [0.15, 0.2) is 0 Å². The molecule has 2 heterocycles. The topological polar surface area (TPSA) is 120 Å². The first-order valence-corrected chi connectivity index (χ1v) is 10.4. The lowest BCUT2D eigenvalue weighted by atomic mass is 10.1. The van der Waals surface area contributed by atoms with Crippen molar-refractivity contribution in [1.82, 2.24) is 9.97 Å². The number of nitrogens with zero attached hydrogens (tertiary/aromatic N) is 5. The summed E-state index contributed by atoms with van der Waals surface area (Å²) >= 11 is 6.57. The number of rotatable bonds is 6. The average molecular weight is 486 g/mol. The van der Waals surface area contributed by atoms with Crippen LogP contribution in [0.3, 0.4) is 0 Å². The SMILES string of the molecule is COc1cc(OC)c(Cl)c(N2Cc3cnc(Oc4ccccc4[N+](=O)[O-])nc3N(C)C2=O)c1C. The number of hydrogen-bond acceptors (Lipinski definition) is 8. The number of benzene rings is 2. The summed E-state index contributed by atoms with van der Waals surface area (Å²) in [6, 6.07) is 7.02. The van der Waals surface area contributed by atoms with E-state index in [9.17, 15) is 14.9 Å². The lowest BCUT2D eigenvalue weighted by Gasteiger charge is -2.35. The molecule has 0 unspecified atom stereocenters. The van der Waals surface area contributed by atoms with E-state index >= 15 is 0 Å². The summed E-state index contributed by atoms with van der Waals surface area (Å²) in [6.07, 6.45) is 1.50. The van der Waals surface area contributed by atoms with Gasteiger partial charge in [-0.2, -0.15) is 4.98 Å². The third-order valence-electron chi connectivity index (χ3n) is 5.37. The molecule has 2 aromatic carbocycles. The molecular weight excluding hydrogens is 466 g/mol. The van der Waals surface area contributed by atoms with Gasteiger partial charge in [-0.05, 0) is 13.0 Å². The van der Waals surface area contributed by atoms with E-state index in [1.54, 1.807) is 26.1 Å². The van der Waals surface area contributed by atoms with Crippen LogP contribution >= 0.6 is 11.6 Å². The van der Waals surface area contributed by atoms with Gasteiger partial charge in [0.05, 0.1) is 31.4 Å². The van der Waals surface area contributed by atoms with Crippen molar-refractivity contribution >= 4 is 34.8 Å². The van der Waals surface area contributed by atoms with Crippen LogP contribution in [0.4, 0.5) is 22.0 Å². The van der Waals surface area contributed by atoms with Crippen molar-refractivity contribution < 1.29 is 23.9 Å². The van der Waals surface area contributed by atoms with Crippen molar-refractivity contribution in [2.45, 2.75) is 13.5 Å². The average Bonchev–Trinajstić information content (AvgIpc) is 2.83. The first kappa shape index (κ1) is 23.1. The summed E-state index contributed by atoms with van der Waals surface area (Å²) in [5.41, 5.74) is 1.50. The van der Waals surface area contributed by atoms with Crippen molar-refractivity contribution in [2.75, 3.05) is 31.1 Å². The smallest absolute Gasteiger partial charge is 0.330 e. The highest BCUT2D eigenvalue weighted by Gasteiger charge is 2.34. The molecule has 0 aliphatic carbocycles. The number of carbonyl (C=O) groups is 1. The highest BCUT2D eigenvalue weighted by atomic mass is 35.5. The largest absolute Gasteiger partial charge is 0.496 e. The predicted molar refractivity (Wildman–Crippen MR) is 124 cm³/mol. The van der Waals surface area contributed by atoms with Gasteiger partial charge in [0.2, 0.25) is 5.75 Å². The molecule has 1 aromatic heterocycles. The van der Waals surface area contributed by atoms with Gasteiger partial charge < -0.3 is 14.2 Å². The maximum absolute atomic E-state index is 13.3. The minimum absolute atomic E-state index is 0.00949. The summed E-state index contributed by atoms with van der Waals surface area (Å²) in [5.74, 6) is 1.19. The van der Waals surface area contributed by atoms with Crippen molar-refractivity contribution in [3.63, 3.8) is 0 Å². The second-order valence-electron chi connectivity index (χ2n) is 7.32. The highest BCUT2D eigenvalue weighted by molar-refractivity contribution is 6.36. The summed E-state index contributed by atoms with van der Waals surface area (Å²) in [7, 11) is 4.55. The van der Waals surface area contributed by atoms with Crippen LogP contribution in [0.5, 0.6) is 23.3 Å². The van der Waals surface area contributed by atoms with Crippen LogP contribution in [0, 0.1) is 17.0 Å². The number of fused-ring (bicyclic) bond motifs is 1. The molecule has 2 amide bonds. The van der Waals surface area contributed by atoms with Crippen molar-refractivity contribution in [3.05, 3.63) is 62.8 Å². The summed E-state index contributed by atoms with van der Waals surface area (Å²) in [4.78, 5) is 35.3. The Morgan fingerprint density at radius 1 is 1.15 bits per heavy atom. The van der Waals surface area contributed by atoms with E-state index in [1.807, 2.05) is 0 Å². The maximum Gasteiger partial charge on any atom is 0.330 e. The lowest BCUT2D eigenvalue weighted by molar-refractivity contribution is -0.385. The number of ether oxygens (including phenoxy) is 3. The zero-order valence-corrected chi connectivity index (χ0v) is 19.5. The van der Waals surface area contributed by atoms with Crippen LogP contribution in [-0.4, -0.2) is 42.2 Å². The van der Waals surface area contributed by atoms with Gasteiger partial charge >= 0.3 is 17.7 Å². The first-order chi connectivity index (χ1) is 16.3. The molecule has 1 aliphatic heterocycles. The fraction of sp³-hybridized carbons (Fsp3) is 0.227. The van der Waals surface area contributed by atoms with E-state index in [0.29, 0.717) is 34.1 Å². The van der Waals surface area contributed by atoms with Crippen LogP contribution in [-0.2, 0) is 6.54 Å². The molecule has 0 N–H and O–H groups in total. The molecule has 11 nitrogen and oxygen atoms in total. The van der Waals surface area contributed by atoms with Gasteiger partial charge in [-0.15, -0.1) is 0 Å². The van der Waals surface area contributed by atoms with Gasteiger partial charge in [0.1, 0.15) is 22.3 Å². The molecular formula is C22H20ClN5O6. The number of aromatic nitrogens is 2. The van der Waals surface area contributed by atoms with Gasteiger partial charge in [-0.1, -0.05) is 23.7 Å². The summed E-state index contributed by atoms with van der Waals surface area (Å²) in [6.45, 7) is 1.92. The number of amides is 2.